The van der Waals surface area contributed by atoms with Crippen LogP contribution in [0.5, 0.6) is 0 Å². The Bertz CT molecular complexity index is 1490. The quantitative estimate of drug-likeness (QED) is 0.352. The highest BCUT2D eigenvalue weighted by atomic mass is 35.5. The molecule has 4 rings (SSSR count). The Kier molecular flexibility index (Phi) is 5.64. The number of halogens is 1. The van der Waals surface area contributed by atoms with Crippen molar-refractivity contribution in [3.8, 4) is 5.69 Å². The van der Waals surface area contributed by atoms with E-state index in [1.54, 1.807) is 31.2 Å². The summed E-state index contributed by atoms with van der Waals surface area (Å²) in [5.41, 5.74) is -0.643. The normalized spacial score (nSPS) is 10.9. The Morgan fingerprint density at radius 3 is 2.53 bits per heavy atom. The van der Waals surface area contributed by atoms with Gasteiger partial charge in [-0.25, -0.2) is 9.36 Å². The SMILES string of the molecule is Cc1cc2c(=O)n(-c3cccc(Cl)c3)c(=O)n(CC(=O)Nc3ccc([N+](=O)[O-])cc3)c2s1. The van der Waals surface area contributed by atoms with Gasteiger partial charge in [0.1, 0.15) is 11.4 Å². The third kappa shape index (κ3) is 4.05. The summed E-state index contributed by atoms with van der Waals surface area (Å²) in [5.74, 6) is -0.524. The van der Waals surface area contributed by atoms with Gasteiger partial charge in [-0.05, 0) is 43.3 Å². The Balaban J connectivity index is 1.76. The molecule has 0 bridgehead atoms. The number of nitrogens with one attached hydrogen (secondary N) is 1. The van der Waals surface area contributed by atoms with E-state index in [1.807, 2.05) is 0 Å². The minimum atomic E-state index is -0.675. The van der Waals surface area contributed by atoms with E-state index in [-0.39, 0.29) is 12.2 Å². The molecule has 2 aromatic carbocycles. The molecule has 11 heteroatoms. The molecular weight excluding hydrogens is 456 g/mol. The van der Waals surface area contributed by atoms with E-state index >= 15 is 0 Å². The Labute approximate surface area is 189 Å². The molecule has 0 aliphatic heterocycles. The lowest BCUT2D eigenvalue weighted by Crippen LogP contribution is -2.40. The van der Waals surface area contributed by atoms with E-state index in [0.717, 1.165) is 9.44 Å². The molecule has 9 nitrogen and oxygen atoms in total. The highest BCUT2D eigenvalue weighted by Crippen LogP contribution is 2.22. The first-order valence-electron chi connectivity index (χ1n) is 9.31. The predicted octanol–water partition coefficient (Wildman–Crippen LogP) is 3.72. The van der Waals surface area contributed by atoms with Crippen LogP contribution in [0.3, 0.4) is 0 Å². The lowest BCUT2D eigenvalue weighted by atomic mass is 10.3. The Morgan fingerprint density at radius 2 is 1.88 bits per heavy atom. The number of nitro groups is 1. The first-order valence-corrected chi connectivity index (χ1v) is 10.5. The van der Waals surface area contributed by atoms with Gasteiger partial charge >= 0.3 is 5.69 Å². The molecule has 1 amide bonds. The number of rotatable bonds is 5. The second-order valence-corrected chi connectivity index (χ2v) is 8.59. The van der Waals surface area contributed by atoms with Crippen molar-refractivity contribution in [2.45, 2.75) is 13.5 Å². The number of hydrogen-bond acceptors (Lipinski definition) is 6. The minimum absolute atomic E-state index is 0.108. The summed E-state index contributed by atoms with van der Waals surface area (Å²) in [5, 5.41) is 14.1. The average Bonchev–Trinajstić information content (AvgIpc) is 3.13. The maximum atomic E-state index is 13.3. The van der Waals surface area contributed by atoms with Crippen molar-refractivity contribution in [3.63, 3.8) is 0 Å². The molecule has 0 radical (unpaired) electrons. The van der Waals surface area contributed by atoms with Gasteiger partial charge in [-0.15, -0.1) is 11.3 Å². The third-order valence-electron chi connectivity index (χ3n) is 4.67. The number of nitro benzene ring substituents is 1. The van der Waals surface area contributed by atoms with Crippen molar-refractivity contribution < 1.29 is 9.72 Å². The Morgan fingerprint density at radius 1 is 1.16 bits per heavy atom. The molecular formula is C21H15ClN4O5S. The van der Waals surface area contributed by atoms with Crippen LogP contribution in [0.4, 0.5) is 11.4 Å². The van der Waals surface area contributed by atoms with Crippen LogP contribution in [0, 0.1) is 17.0 Å². The van der Waals surface area contributed by atoms with Gasteiger partial charge in [0.05, 0.1) is 16.0 Å². The summed E-state index contributed by atoms with van der Waals surface area (Å²) >= 11 is 7.27. The van der Waals surface area contributed by atoms with Crippen molar-refractivity contribution >= 4 is 50.4 Å². The lowest BCUT2D eigenvalue weighted by molar-refractivity contribution is -0.384. The van der Waals surface area contributed by atoms with E-state index in [1.165, 1.54) is 46.2 Å². The van der Waals surface area contributed by atoms with Gasteiger partial charge in [0.15, 0.2) is 0 Å². The number of benzene rings is 2. The summed E-state index contributed by atoms with van der Waals surface area (Å²) in [6, 6.07) is 13.3. The number of anilines is 1. The van der Waals surface area contributed by atoms with E-state index in [9.17, 15) is 24.5 Å². The van der Waals surface area contributed by atoms with Gasteiger partial charge < -0.3 is 5.32 Å². The molecule has 0 aliphatic rings. The molecule has 0 spiro atoms. The monoisotopic (exact) mass is 470 g/mol. The van der Waals surface area contributed by atoms with Gasteiger partial charge in [0.25, 0.3) is 11.2 Å². The second-order valence-electron chi connectivity index (χ2n) is 6.92. The summed E-state index contributed by atoms with van der Waals surface area (Å²) in [7, 11) is 0. The maximum absolute atomic E-state index is 13.3. The van der Waals surface area contributed by atoms with Gasteiger partial charge in [-0.3, -0.25) is 24.3 Å². The number of hydrogen-bond donors (Lipinski definition) is 1. The molecule has 4 aromatic rings. The zero-order valence-corrected chi connectivity index (χ0v) is 18.1. The van der Waals surface area contributed by atoms with E-state index in [4.69, 9.17) is 11.6 Å². The topological polar surface area (TPSA) is 116 Å². The molecule has 0 aliphatic carbocycles. The fourth-order valence-electron chi connectivity index (χ4n) is 3.26. The molecule has 162 valence electrons. The van der Waals surface area contributed by atoms with Crippen LogP contribution in [-0.2, 0) is 11.3 Å². The fraction of sp³-hybridized carbons (Fsp3) is 0.0952. The highest BCUT2D eigenvalue weighted by Gasteiger charge is 2.19. The van der Waals surface area contributed by atoms with Crippen molar-refractivity contribution in [1.82, 2.24) is 9.13 Å². The minimum Gasteiger partial charge on any atom is -0.325 e. The van der Waals surface area contributed by atoms with Gasteiger partial charge in [-0.1, -0.05) is 17.7 Å². The van der Waals surface area contributed by atoms with E-state index in [0.29, 0.717) is 26.6 Å². The van der Waals surface area contributed by atoms with Crippen LogP contribution in [0.1, 0.15) is 4.88 Å². The lowest BCUT2D eigenvalue weighted by Gasteiger charge is -2.12. The molecule has 2 aromatic heterocycles. The number of amides is 1. The number of carbonyl (C=O) groups excluding carboxylic acids is 1. The standard InChI is InChI=1S/C21H15ClN4O5S/c1-12-9-17-19(28)25(16-4-2-3-13(22)10-16)21(29)24(20(17)32-12)11-18(27)23-14-5-7-15(8-6-14)26(30)31/h2-10H,11H2,1H3,(H,23,27). The molecule has 0 unspecified atom stereocenters. The Hall–Kier alpha value is -3.76. The van der Waals surface area contributed by atoms with Gasteiger partial charge in [-0.2, -0.15) is 0 Å². The summed E-state index contributed by atoms with van der Waals surface area (Å²) in [4.78, 5) is 50.4. The van der Waals surface area contributed by atoms with Crippen LogP contribution in [-0.4, -0.2) is 20.0 Å². The molecule has 2 heterocycles. The van der Waals surface area contributed by atoms with Crippen LogP contribution in [0.15, 0.2) is 64.2 Å². The predicted molar refractivity (Wildman–Crippen MR) is 123 cm³/mol. The maximum Gasteiger partial charge on any atom is 0.337 e. The summed E-state index contributed by atoms with van der Waals surface area (Å²) in [6.45, 7) is 1.45. The third-order valence-corrected chi connectivity index (χ3v) is 5.98. The van der Waals surface area contributed by atoms with Crippen molar-refractivity contribution in [1.29, 1.82) is 0 Å². The van der Waals surface area contributed by atoms with E-state index < -0.39 is 22.1 Å². The smallest absolute Gasteiger partial charge is 0.325 e. The zero-order chi connectivity index (χ0) is 23.0. The highest BCUT2D eigenvalue weighted by molar-refractivity contribution is 7.18. The molecule has 0 fully saturated rings. The first kappa shape index (κ1) is 21.5. The molecule has 1 N–H and O–H groups in total. The number of nitrogens with zero attached hydrogens (tertiary/aromatic N) is 3. The van der Waals surface area contributed by atoms with Crippen LogP contribution in [0.2, 0.25) is 5.02 Å². The van der Waals surface area contributed by atoms with Crippen LogP contribution in [0.25, 0.3) is 15.9 Å². The molecule has 0 saturated carbocycles. The van der Waals surface area contributed by atoms with Crippen molar-refractivity contribution in [3.05, 3.63) is 95.4 Å². The largest absolute Gasteiger partial charge is 0.337 e. The van der Waals surface area contributed by atoms with Crippen molar-refractivity contribution in [2.75, 3.05) is 5.32 Å². The number of fused-ring (bicyclic) bond motifs is 1. The first-order chi connectivity index (χ1) is 15.2. The van der Waals surface area contributed by atoms with E-state index in [2.05, 4.69) is 5.32 Å². The molecule has 0 saturated heterocycles. The molecule has 32 heavy (non-hydrogen) atoms. The fourth-order valence-corrected chi connectivity index (χ4v) is 4.44. The summed E-state index contributed by atoms with van der Waals surface area (Å²) in [6.07, 6.45) is 0. The number of aromatic nitrogens is 2. The number of aryl methyl sites for hydroxylation is 1. The van der Waals surface area contributed by atoms with Gasteiger partial charge in [0, 0.05) is 27.7 Å². The van der Waals surface area contributed by atoms with Crippen molar-refractivity contribution in [2.24, 2.45) is 0 Å². The number of non-ortho nitro benzene ring substituents is 1. The van der Waals surface area contributed by atoms with Crippen LogP contribution >= 0.6 is 22.9 Å². The number of carbonyl (C=O) groups is 1. The van der Waals surface area contributed by atoms with Crippen LogP contribution < -0.4 is 16.6 Å². The number of thiophene rings is 1. The molecule has 0 atom stereocenters. The second kappa shape index (κ2) is 8.40. The average molecular weight is 471 g/mol. The van der Waals surface area contributed by atoms with Gasteiger partial charge in [0.2, 0.25) is 5.91 Å². The summed E-state index contributed by atoms with van der Waals surface area (Å²) < 4.78 is 2.22. The zero-order valence-electron chi connectivity index (χ0n) is 16.6.